The number of carbonyl (C=O) groups is 2. The SMILES string of the molecule is O=C(O)c1cc2c(cc1C(=O)O)Cc1cc3c(cc1C2)Cc1cc2c(cc1C3)CCCC2. The van der Waals surface area contributed by atoms with E-state index in [1.54, 1.807) is 12.1 Å². The third-order valence-electron chi connectivity index (χ3n) is 7.51. The summed E-state index contributed by atoms with van der Waals surface area (Å²) in [4.78, 5) is 23.2. The second-order valence-electron chi connectivity index (χ2n) is 9.47. The predicted octanol–water partition coefficient (Wildman–Crippen LogP) is 4.95. The highest BCUT2D eigenvalue weighted by Gasteiger charge is 2.26. The van der Waals surface area contributed by atoms with Gasteiger partial charge in [-0.1, -0.05) is 24.3 Å². The van der Waals surface area contributed by atoms with Crippen LogP contribution in [0.4, 0.5) is 0 Å². The number of hydrogen-bond donors (Lipinski definition) is 2. The topological polar surface area (TPSA) is 74.6 Å². The molecule has 3 aromatic rings. The van der Waals surface area contributed by atoms with Crippen molar-refractivity contribution in [3.63, 3.8) is 0 Å². The molecular weight excluding hydrogens is 400 g/mol. The molecule has 0 unspecified atom stereocenters. The minimum absolute atomic E-state index is 0.128. The molecule has 2 N–H and O–H groups in total. The molecular formula is C28H24O4. The van der Waals surface area contributed by atoms with Gasteiger partial charge in [-0.2, -0.15) is 0 Å². The zero-order valence-electron chi connectivity index (χ0n) is 17.8. The van der Waals surface area contributed by atoms with Crippen molar-refractivity contribution in [3.05, 3.63) is 103 Å². The van der Waals surface area contributed by atoms with Crippen molar-refractivity contribution in [1.29, 1.82) is 0 Å². The molecule has 3 aliphatic carbocycles. The van der Waals surface area contributed by atoms with Gasteiger partial charge < -0.3 is 10.2 Å². The zero-order chi connectivity index (χ0) is 22.0. The van der Waals surface area contributed by atoms with Gasteiger partial charge in [0.25, 0.3) is 0 Å². The van der Waals surface area contributed by atoms with Gasteiger partial charge in [0.15, 0.2) is 0 Å². The van der Waals surface area contributed by atoms with E-state index >= 15 is 0 Å². The molecule has 0 amide bonds. The highest BCUT2D eigenvalue weighted by Crippen LogP contribution is 2.36. The van der Waals surface area contributed by atoms with Crippen molar-refractivity contribution in [2.75, 3.05) is 0 Å². The molecule has 0 heterocycles. The van der Waals surface area contributed by atoms with Crippen LogP contribution in [-0.2, 0) is 38.5 Å². The number of carboxylic acids is 2. The molecule has 3 aromatic carbocycles. The van der Waals surface area contributed by atoms with E-state index in [-0.39, 0.29) is 11.1 Å². The second kappa shape index (κ2) is 7.06. The minimum Gasteiger partial charge on any atom is -0.478 e. The summed E-state index contributed by atoms with van der Waals surface area (Å²) in [5, 5.41) is 19.0. The van der Waals surface area contributed by atoms with Crippen LogP contribution in [0.1, 0.15) is 89.2 Å². The summed E-state index contributed by atoms with van der Waals surface area (Å²) in [6.45, 7) is 0. The van der Waals surface area contributed by atoms with Crippen molar-refractivity contribution in [2.45, 2.75) is 51.4 Å². The lowest BCUT2D eigenvalue weighted by Gasteiger charge is -2.28. The van der Waals surface area contributed by atoms with Crippen LogP contribution in [-0.4, -0.2) is 22.2 Å². The third kappa shape index (κ3) is 3.05. The van der Waals surface area contributed by atoms with Crippen LogP contribution in [0.15, 0.2) is 36.4 Å². The van der Waals surface area contributed by atoms with Gasteiger partial charge in [0, 0.05) is 0 Å². The number of benzene rings is 3. The first-order valence-electron chi connectivity index (χ1n) is 11.4. The molecule has 0 saturated heterocycles. The number of aromatic carboxylic acids is 2. The number of fused-ring (bicyclic) bond motifs is 5. The maximum absolute atomic E-state index is 11.6. The maximum atomic E-state index is 11.6. The smallest absolute Gasteiger partial charge is 0.336 e. The van der Waals surface area contributed by atoms with E-state index in [9.17, 15) is 19.8 Å². The largest absolute Gasteiger partial charge is 0.478 e. The number of aryl methyl sites for hydroxylation is 2. The Labute approximate surface area is 186 Å². The zero-order valence-corrected chi connectivity index (χ0v) is 17.8. The Morgan fingerprint density at radius 2 is 0.750 bits per heavy atom. The van der Waals surface area contributed by atoms with Gasteiger partial charge in [-0.3, -0.25) is 0 Å². The Morgan fingerprint density at radius 1 is 0.469 bits per heavy atom. The van der Waals surface area contributed by atoms with Crippen molar-refractivity contribution < 1.29 is 19.8 Å². The van der Waals surface area contributed by atoms with Crippen molar-refractivity contribution in [1.82, 2.24) is 0 Å². The van der Waals surface area contributed by atoms with Gasteiger partial charge in [0.1, 0.15) is 0 Å². The van der Waals surface area contributed by atoms with Crippen LogP contribution in [0.2, 0.25) is 0 Å². The van der Waals surface area contributed by atoms with E-state index in [2.05, 4.69) is 24.3 Å². The first-order valence-corrected chi connectivity index (χ1v) is 11.4. The lowest BCUT2D eigenvalue weighted by Crippen LogP contribution is -2.17. The summed E-state index contributed by atoms with van der Waals surface area (Å²) >= 11 is 0. The molecule has 0 saturated carbocycles. The second-order valence-corrected chi connectivity index (χ2v) is 9.47. The average molecular weight is 424 g/mol. The van der Waals surface area contributed by atoms with E-state index in [4.69, 9.17) is 0 Å². The summed E-state index contributed by atoms with van der Waals surface area (Å²) in [6, 6.07) is 12.6. The third-order valence-corrected chi connectivity index (χ3v) is 7.51. The summed E-state index contributed by atoms with van der Waals surface area (Å²) in [7, 11) is 0. The van der Waals surface area contributed by atoms with E-state index < -0.39 is 11.9 Å². The Kier molecular flexibility index (Phi) is 4.26. The Balaban J connectivity index is 1.38. The Hall–Kier alpha value is -3.40. The van der Waals surface area contributed by atoms with E-state index in [0.717, 1.165) is 24.0 Å². The van der Waals surface area contributed by atoms with Crippen molar-refractivity contribution >= 4 is 11.9 Å². The molecule has 160 valence electrons. The quantitative estimate of drug-likeness (QED) is 0.420. The molecule has 0 spiro atoms. The van der Waals surface area contributed by atoms with Gasteiger partial charge in [-0.25, -0.2) is 9.59 Å². The molecule has 0 fully saturated rings. The first-order chi connectivity index (χ1) is 15.5. The van der Waals surface area contributed by atoms with Crippen LogP contribution in [0.25, 0.3) is 0 Å². The van der Waals surface area contributed by atoms with Gasteiger partial charge >= 0.3 is 11.9 Å². The Bertz CT molecular complexity index is 1230. The summed E-state index contributed by atoms with van der Waals surface area (Å²) in [5.74, 6) is -2.39. The molecule has 0 atom stereocenters. The molecule has 0 radical (unpaired) electrons. The van der Waals surface area contributed by atoms with E-state index in [0.29, 0.717) is 12.8 Å². The van der Waals surface area contributed by atoms with E-state index in [1.807, 2.05) is 0 Å². The molecule has 4 nitrogen and oxygen atoms in total. The highest BCUT2D eigenvalue weighted by atomic mass is 16.4. The van der Waals surface area contributed by atoms with Crippen LogP contribution >= 0.6 is 0 Å². The molecule has 6 rings (SSSR count). The number of hydrogen-bond acceptors (Lipinski definition) is 2. The molecule has 32 heavy (non-hydrogen) atoms. The molecule has 4 heteroatoms. The van der Waals surface area contributed by atoms with Gasteiger partial charge in [0.2, 0.25) is 0 Å². The maximum Gasteiger partial charge on any atom is 0.336 e. The lowest BCUT2D eigenvalue weighted by atomic mass is 9.77. The monoisotopic (exact) mass is 424 g/mol. The van der Waals surface area contributed by atoms with E-state index in [1.165, 1.54) is 70.2 Å². The molecule has 0 aromatic heterocycles. The summed E-state index contributed by atoms with van der Waals surface area (Å²) in [5.41, 5.74) is 12.8. The highest BCUT2D eigenvalue weighted by molar-refractivity contribution is 6.02. The van der Waals surface area contributed by atoms with Crippen LogP contribution in [0, 0.1) is 0 Å². The fourth-order valence-electron chi connectivity index (χ4n) is 5.86. The van der Waals surface area contributed by atoms with Gasteiger partial charge in [0.05, 0.1) is 11.1 Å². The molecule has 0 aliphatic heterocycles. The van der Waals surface area contributed by atoms with Crippen LogP contribution in [0.5, 0.6) is 0 Å². The molecule has 0 bridgehead atoms. The van der Waals surface area contributed by atoms with Crippen molar-refractivity contribution in [3.8, 4) is 0 Å². The van der Waals surface area contributed by atoms with Crippen LogP contribution in [0.3, 0.4) is 0 Å². The predicted molar refractivity (Wildman–Crippen MR) is 121 cm³/mol. The standard InChI is InChI=1S/C28H24O4/c29-27(30)25-13-23-11-21-9-19-7-17-5-15-3-1-2-4-16(15)6-18(17)8-20(19)10-22(21)12-24(23)14-26(25)28(31)32/h5-6,9-10,13-14H,1-4,7-8,11-12H2,(H,29,30)(H,31,32). The number of rotatable bonds is 2. The first kappa shape index (κ1) is 19.3. The van der Waals surface area contributed by atoms with Crippen molar-refractivity contribution in [2.24, 2.45) is 0 Å². The summed E-state index contributed by atoms with van der Waals surface area (Å²) < 4.78 is 0. The van der Waals surface area contributed by atoms with Gasteiger partial charge in [-0.15, -0.1) is 0 Å². The Morgan fingerprint density at radius 3 is 1.06 bits per heavy atom. The fourth-order valence-corrected chi connectivity index (χ4v) is 5.86. The van der Waals surface area contributed by atoms with Crippen LogP contribution < -0.4 is 0 Å². The molecule has 3 aliphatic rings. The normalized spacial score (nSPS) is 15.6. The lowest BCUT2D eigenvalue weighted by molar-refractivity contribution is 0.0651. The fraction of sp³-hybridized carbons (Fsp3) is 0.286. The number of carboxylic acid groups (broad SMARTS) is 2. The minimum atomic E-state index is -1.19. The average Bonchev–Trinajstić information content (AvgIpc) is 2.77. The summed E-state index contributed by atoms with van der Waals surface area (Å²) in [6.07, 6.45) is 8.17. The van der Waals surface area contributed by atoms with Gasteiger partial charge in [-0.05, 0) is 119 Å².